The summed E-state index contributed by atoms with van der Waals surface area (Å²) in [5.41, 5.74) is 0. The van der Waals surface area contributed by atoms with Crippen LogP contribution in [0, 0.1) is 0 Å². The molecule has 0 unspecified atom stereocenters. The fourth-order valence-corrected chi connectivity index (χ4v) is 10.1. The summed E-state index contributed by atoms with van der Waals surface area (Å²) in [6.45, 7) is 0. The Hall–Kier alpha value is 1.08. The summed E-state index contributed by atoms with van der Waals surface area (Å²) >= 11 is 43.7. The summed E-state index contributed by atoms with van der Waals surface area (Å²) < 4.78 is 12.6. The van der Waals surface area contributed by atoms with Crippen molar-refractivity contribution >= 4 is 256 Å². The van der Waals surface area contributed by atoms with E-state index in [0.717, 1.165) is 53.7 Å². The van der Waals surface area contributed by atoms with Gasteiger partial charge in [-0.05, 0) is 329 Å². The van der Waals surface area contributed by atoms with Gasteiger partial charge in [0.2, 0.25) is 0 Å². The molecule has 12 heteroatoms. The Labute approximate surface area is 376 Å². The maximum atomic E-state index is 3.64. The lowest BCUT2D eigenvalue weighted by Gasteiger charge is -2.14. The zero-order valence-corrected chi connectivity index (χ0v) is 42.5. The second-order valence-corrected chi connectivity index (χ2v) is 21.1. The maximum Gasteiger partial charge on any atom is 0.0324 e. The van der Waals surface area contributed by atoms with Gasteiger partial charge in [-0.3, -0.25) is 0 Å². The summed E-state index contributed by atoms with van der Waals surface area (Å²) in [7, 11) is 0. The van der Waals surface area contributed by atoms with Crippen LogP contribution in [0.1, 0.15) is 0 Å². The molecule has 0 atom stereocenters. The molecule has 0 saturated heterocycles. The van der Waals surface area contributed by atoms with Crippen molar-refractivity contribution < 1.29 is 0 Å². The molecule has 0 saturated carbocycles. The Morgan fingerprint density at radius 1 is 0.146 bits per heavy atom. The van der Waals surface area contributed by atoms with Crippen LogP contribution in [0.4, 0.5) is 0 Å². The first kappa shape index (κ1) is 37.4. The van der Waals surface area contributed by atoms with E-state index in [-0.39, 0.29) is 0 Å². The third-order valence-corrected chi connectivity index (χ3v) is 19.2. The van der Waals surface area contributed by atoms with Crippen LogP contribution in [0.25, 0.3) is 64.6 Å². The highest BCUT2D eigenvalue weighted by atomic mass is 79.9. The summed E-state index contributed by atoms with van der Waals surface area (Å²) in [6, 6.07) is 26.1. The molecule has 240 valence electrons. The van der Waals surface area contributed by atoms with Crippen molar-refractivity contribution in [3.8, 4) is 0 Å². The second kappa shape index (κ2) is 14.7. The minimum atomic E-state index is 1.05. The highest BCUT2D eigenvalue weighted by molar-refractivity contribution is 9.14. The van der Waals surface area contributed by atoms with E-state index in [1.807, 2.05) is 0 Å². The number of benzene rings is 8. The van der Waals surface area contributed by atoms with Crippen LogP contribution in [0.2, 0.25) is 0 Å². The van der Waals surface area contributed by atoms with Crippen molar-refractivity contribution in [1.29, 1.82) is 0 Å². The SMILES string of the molecule is Brc1cc2c3cc(Br)c(Br)cc3c3cc(Br)c(Br)cc3c2cc1Br.Brc1cc2c3cc(Br)c(Br)cc3c3cc(Br)c(Br)cc3c2cc1Br. The van der Waals surface area contributed by atoms with E-state index in [9.17, 15) is 0 Å². The first-order chi connectivity index (χ1) is 22.7. The van der Waals surface area contributed by atoms with Crippen molar-refractivity contribution in [2.45, 2.75) is 0 Å². The van der Waals surface area contributed by atoms with Gasteiger partial charge in [0.05, 0.1) is 0 Å². The van der Waals surface area contributed by atoms with Crippen LogP contribution in [0.15, 0.2) is 126 Å². The van der Waals surface area contributed by atoms with Crippen LogP contribution < -0.4 is 0 Å². The summed E-state index contributed by atoms with van der Waals surface area (Å²) in [4.78, 5) is 0. The highest BCUT2D eigenvalue weighted by Crippen LogP contribution is 2.45. The zero-order chi connectivity index (χ0) is 34.3. The molecule has 0 aromatic heterocycles. The van der Waals surface area contributed by atoms with Crippen molar-refractivity contribution in [2.24, 2.45) is 0 Å². The molecule has 8 aromatic carbocycles. The van der Waals surface area contributed by atoms with Crippen molar-refractivity contribution in [3.05, 3.63) is 126 Å². The molecular weight excluding hydrogens is 1390 g/mol. The van der Waals surface area contributed by atoms with Gasteiger partial charge in [0.15, 0.2) is 0 Å². The van der Waals surface area contributed by atoms with Crippen molar-refractivity contribution in [3.63, 3.8) is 0 Å². The fraction of sp³-hybridized carbons (Fsp3) is 0. The Balaban J connectivity index is 0.000000152. The van der Waals surface area contributed by atoms with Gasteiger partial charge in [-0.2, -0.15) is 0 Å². The van der Waals surface area contributed by atoms with Gasteiger partial charge in [-0.1, -0.05) is 0 Å². The summed E-state index contributed by atoms with van der Waals surface area (Å²) in [5.74, 6) is 0. The first-order valence-corrected chi connectivity index (χ1v) is 23.2. The number of hydrogen-bond acceptors (Lipinski definition) is 0. The molecule has 48 heavy (non-hydrogen) atoms. The van der Waals surface area contributed by atoms with Crippen molar-refractivity contribution in [1.82, 2.24) is 0 Å². The van der Waals surface area contributed by atoms with E-state index in [0.29, 0.717) is 0 Å². The maximum absolute atomic E-state index is 3.64. The minimum absolute atomic E-state index is 1.05. The van der Waals surface area contributed by atoms with E-state index in [4.69, 9.17) is 0 Å². The molecule has 0 bridgehead atoms. The Bertz CT molecular complexity index is 1980. The third-order valence-electron chi connectivity index (χ3n) is 8.10. The molecule has 0 nitrogen and oxygen atoms in total. The molecule has 0 aliphatic carbocycles. The van der Waals surface area contributed by atoms with Gasteiger partial charge < -0.3 is 0 Å². The molecule has 0 spiro atoms. The van der Waals surface area contributed by atoms with E-state index < -0.39 is 0 Å². The molecule has 0 aliphatic rings. The number of halogens is 12. The lowest BCUT2D eigenvalue weighted by molar-refractivity contribution is 1.63. The number of fused-ring (bicyclic) bond motifs is 12. The average molecular weight is 1400 g/mol. The monoisotopic (exact) mass is 1390 g/mol. The smallest absolute Gasteiger partial charge is 0.0324 e. The summed E-state index contributed by atoms with van der Waals surface area (Å²) in [6.07, 6.45) is 0. The molecule has 0 heterocycles. The molecule has 0 aliphatic heterocycles. The molecule has 0 amide bonds. The molecule has 8 aromatic rings. The van der Waals surface area contributed by atoms with Crippen LogP contribution in [0.5, 0.6) is 0 Å². The summed E-state index contributed by atoms with van der Waals surface area (Å²) in [5, 5.41) is 14.6. The lowest BCUT2D eigenvalue weighted by Crippen LogP contribution is -1.86. The highest BCUT2D eigenvalue weighted by Gasteiger charge is 2.16. The lowest BCUT2D eigenvalue weighted by atomic mass is 9.94. The topological polar surface area (TPSA) is 0 Å². The molecular formula is C36H12Br12. The van der Waals surface area contributed by atoms with Gasteiger partial charge in [-0.25, -0.2) is 0 Å². The molecule has 8 rings (SSSR count). The molecule has 0 N–H and O–H groups in total. The van der Waals surface area contributed by atoms with Crippen LogP contribution in [0.3, 0.4) is 0 Å². The number of hydrogen-bond donors (Lipinski definition) is 0. The Morgan fingerprint density at radius 3 is 0.271 bits per heavy atom. The van der Waals surface area contributed by atoms with Gasteiger partial charge in [-0.15, -0.1) is 0 Å². The standard InChI is InChI=1S/2C18H6Br6/c2*19-13-1-7-8(2-14(13)20)10-4-17(23)18(24)6-12(10)11-5-16(22)15(21)3-9(7)11/h2*1-6H. The van der Waals surface area contributed by atoms with Crippen LogP contribution in [-0.4, -0.2) is 0 Å². The van der Waals surface area contributed by atoms with Crippen LogP contribution >= 0.6 is 191 Å². The first-order valence-electron chi connectivity index (χ1n) is 13.7. The Morgan fingerprint density at radius 2 is 0.208 bits per heavy atom. The Kier molecular flexibility index (Phi) is 11.5. The second-order valence-electron chi connectivity index (χ2n) is 10.9. The van der Waals surface area contributed by atoms with E-state index >= 15 is 0 Å². The van der Waals surface area contributed by atoms with E-state index in [2.05, 4.69) is 264 Å². The third kappa shape index (κ3) is 6.82. The minimum Gasteiger partial charge on any atom is -0.0496 e. The normalized spacial score (nSPS) is 11.8. The van der Waals surface area contributed by atoms with Gasteiger partial charge in [0.1, 0.15) is 0 Å². The molecule has 0 radical (unpaired) electrons. The average Bonchev–Trinajstić information content (AvgIpc) is 3.03. The van der Waals surface area contributed by atoms with Gasteiger partial charge in [0, 0.05) is 53.7 Å². The fourth-order valence-electron chi connectivity index (χ4n) is 5.96. The number of rotatable bonds is 0. The van der Waals surface area contributed by atoms with E-state index in [1.54, 1.807) is 0 Å². The molecule has 0 fully saturated rings. The van der Waals surface area contributed by atoms with Crippen molar-refractivity contribution in [2.75, 3.05) is 0 Å². The predicted octanol–water partition coefficient (Wildman–Crippen LogP) is 19.4. The van der Waals surface area contributed by atoms with Crippen LogP contribution in [-0.2, 0) is 0 Å². The quantitative estimate of drug-likeness (QED) is 0.133. The predicted molar refractivity (Wildman–Crippen MR) is 250 cm³/mol. The largest absolute Gasteiger partial charge is 0.0496 e. The van der Waals surface area contributed by atoms with Gasteiger partial charge >= 0.3 is 0 Å². The zero-order valence-electron chi connectivity index (χ0n) is 23.5. The van der Waals surface area contributed by atoms with E-state index in [1.165, 1.54) is 64.6 Å². The van der Waals surface area contributed by atoms with Gasteiger partial charge in [0.25, 0.3) is 0 Å².